The highest BCUT2D eigenvalue weighted by Gasteiger charge is 2.42. The molecule has 0 heterocycles. The molecule has 0 saturated heterocycles. The number of nitro groups is 2. The number of nitrogens with one attached hydrogen (secondary N) is 1. The average molecular weight is 352 g/mol. The SMILES string of the molecule is CC(O)CNC(C)c1c([N+](=O)[O-])cc(C(F)(F)F)c(N)c1[N+](=O)[O-]. The third-order valence-corrected chi connectivity index (χ3v) is 3.19. The lowest BCUT2D eigenvalue weighted by Crippen LogP contribution is -2.28. The van der Waals surface area contributed by atoms with E-state index in [1.165, 1.54) is 13.8 Å². The minimum Gasteiger partial charge on any atom is -0.393 e. The molecule has 0 fully saturated rings. The fourth-order valence-corrected chi connectivity index (χ4v) is 2.14. The van der Waals surface area contributed by atoms with Crippen molar-refractivity contribution in [3.8, 4) is 0 Å². The number of nitrogens with zero attached hydrogens (tertiary/aromatic N) is 2. The number of hydrogen-bond acceptors (Lipinski definition) is 7. The van der Waals surface area contributed by atoms with E-state index < -0.39 is 56.4 Å². The van der Waals surface area contributed by atoms with E-state index in [2.05, 4.69) is 5.32 Å². The lowest BCUT2D eigenvalue weighted by molar-refractivity contribution is -0.395. The van der Waals surface area contributed by atoms with Gasteiger partial charge in [0.2, 0.25) is 0 Å². The number of rotatable bonds is 6. The molecule has 0 aromatic heterocycles. The van der Waals surface area contributed by atoms with Crippen LogP contribution in [0.25, 0.3) is 0 Å². The third-order valence-electron chi connectivity index (χ3n) is 3.19. The highest BCUT2D eigenvalue weighted by atomic mass is 19.4. The zero-order valence-corrected chi connectivity index (χ0v) is 12.6. The second-order valence-corrected chi connectivity index (χ2v) is 5.11. The first-order valence-electron chi connectivity index (χ1n) is 6.61. The Labute approximate surface area is 133 Å². The Morgan fingerprint density at radius 2 is 1.83 bits per heavy atom. The first kappa shape index (κ1) is 19.6. The number of halogens is 3. The van der Waals surface area contributed by atoms with Crippen LogP contribution in [-0.2, 0) is 6.18 Å². The largest absolute Gasteiger partial charge is 0.418 e. The summed E-state index contributed by atoms with van der Waals surface area (Å²) in [6.45, 7) is 2.59. The molecule has 0 amide bonds. The molecule has 0 bridgehead atoms. The maximum atomic E-state index is 12.9. The van der Waals surface area contributed by atoms with Crippen molar-refractivity contribution in [1.29, 1.82) is 0 Å². The Bertz CT molecular complexity index is 663. The van der Waals surface area contributed by atoms with Crippen molar-refractivity contribution in [2.75, 3.05) is 12.3 Å². The van der Waals surface area contributed by atoms with Gasteiger partial charge in [0.1, 0.15) is 11.3 Å². The second kappa shape index (κ2) is 6.97. The molecule has 2 atom stereocenters. The number of aliphatic hydroxyl groups excluding tert-OH is 1. The molecule has 9 nitrogen and oxygen atoms in total. The minimum absolute atomic E-state index is 0.0869. The molecule has 1 aromatic carbocycles. The van der Waals surface area contributed by atoms with Crippen molar-refractivity contribution < 1.29 is 28.1 Å². The summed E-state index contributed by atoms with van der Waals surface area (Å²) in [6, 6.07) is -0.914. The van der Waals surface area contributed by atoms with Gasteiger partial charge in [-0.2, -0.15) is 13.2 Å². The highest BCUT2D eigenvalue weighted by molar-refractivity contribution is 5.74. The molecular formula is C12H15F3N4O5. The molecule has 1 aromatic rings. The van der Waals surface area contributed by atoms with Crippen molar-refractivity contribution in [2.45, 2.75) is 32.2 Å². The predicted molar refractivity (Wildman–Crippen MR) is 77.3 cm³/mol. The highest BCUT2D eigenvalue weighted by Crippen LogP contribution is 2.45. The lowest BCUT2D eigenvalue weighted by atomic mass is 9.98. The Morgan fingerprint density at radius 1 is 1.29 bits per heavy atom. The van der Waals surface area contributed by atoms with Gasteiger partial charge < -0.3 is 16.2 Å². The first-order chi connectivity index (χ1) is 10.9. The van der Waals surface area contributed by atoms with Crippen LogP contribution in [0.15, 0.2) is 6.07 Å². The Kier molecular flexibility index (Phi) is 5.68. The van der Waals surface area contributed by atoms with Crippen LogP contribution in [0.5, 0.6) is 0 Å². The summed E-state index contributed by atoms with van der Waals surface area (Å²) in [4.78, 5) is 20.0. The molecule has 0 spiro atoms. The van der Waals surface area contributed by atoms with Crippen LogP contribution < -0.4 is 11.1 Å². The van der Waals surface area contributed by atoms with E-state index in [1.54, 1.807) is 0 Å². The van der Waals surface area contributed by atoms with Gasteiger partial charge in [-0.3, -0.25) is 20.2 Å². The average Bonchev–Trinajstić information content (AvgIpc) is 2.41. The summed E-state index contributed by atoms with van der Waals surface area (Å²) in [5.41, 5.74) is -0.410. The van der Waals surface area contributed by atoms with E-state index in [4.69, 9.17) is 5.73 Å². The van der Waals surface area contributed by atoms with Gasteiger partial charge in [0, 0.05) is 18.7 Å². The van der Waals surface area contributed by atoms with Gasteiger partial charge in [0.25, 0.3) is 5.69 Å². The number of aliphatic hydroxyl groups is 1. The summed E-state index contributed by atoms with van der Waals surface area (Å²) >= 11 is 0. The molecule has 1 rings (SSSR count). The Hall–Kier alpha value is -2.47. The fourth-order valence-electron chi connectivity index (χ4n) is 2.14. The molecule has 134 valence electrons. The number of nitrogens with two attached hydrogens (primary N) is 1. The molecule has 0 radical (unpaired) electrons. The standard InChI is InChI=1S/C12H15F3N4O5/c1-5(20)4-17-6(2)9-8(18(21)22)3-7(12(13,14)15)10(16)11(9)19(23)24/h3,5-6,17,20H,4,16H2,1-2H3. The van der Waals surface area contributed by atoms with Gasteiger partial charge in [0.15, 0.2) is 0 Å². The van der Waals surface area contributed by atoms with Crippen LogP contribution in [0.1, 0.15) is 31.0 Å². The molecule has 4 N–H and O–H groups in total. The maximum Gasteiger partial charge on any atom is 0.418 e. The zero-order chi connectivity index (χ0) is 18.8. The third kappa shape index (κ3) is 4.08. The van der Waals surface area contributed by atoms with E-state index in [0.717, 1.165) is 0 Å². The summed E-state index contributed by atoms with van der Waals surface area (Å²) in [5, 5.41) is 34.1. The molecular weight excluding hydrogens is 337 g/mol. The number of nitro benzene ring substituents is 2. The summed E-state index contributed by atoms with van der Waals surface area (Å²) in [7, 11) is 0. The van der Waals surface area contributed by atoms with Gasteiger partial charge >= 0.3 is 11.9 Å². The molecule has 24 heavy (non-hydrogen) atoms. The van der Waals surface area contributed by atoms with Gasteiger partial charge in [0.05, 0.1) is 21.5 Å². The summed E-state index contributed by atoms with van der Waals surface area (Å²) in [6.07, 6.45) is -5.97. The lowest BCUT2D eigenvalue weighted by Gasteiger charge is -2.18. The van der Waals surface area contributed by atoms with E-state index in [9.17, 15) is 38.5 Å². The maximum absolute atomic E-state index is 12.9. The van der Waals surface area contributed by atoms with Crippen molar-refractivity contribution in [2.24, 2.45) is 0 Å². The summed E-state index contributed by atoms with van der Waals surface area (Å²) < 4.78 is 38.8. The van der Waals surface area contributed by atoms with Crippen LogP contribution >= 0.6 is 0 Å². The fraction of sp³-hybridized carbons (Fsp3) is 0.500. The van der Waals surface area contributed by atoms with Crippen molar-refractivity contribution in [1.82, 2.24) is 5.32 Å². The van der Waals surface area contributed by atoms with Crippen molar-refractivity contribution >= 4 is 17.1 Å². The Balaban J connectivity index is 3.69. The molecule has 12 heteroatoms. The van der Waals surface area contributed by atoms with E-state index in [-0.39, 0.29) is 12.6 Å². The van der Waals surface area contributed by atoms with Crippen LogP contribution in [0.4, 0.5) is 30.2 Å². The Morgan fingerprint density at radius 3 is 2.21 bits per heavy atom. The number of benzene rings is 1. The first-order valence-corrected chi connectivity index (χ1v) is 6.61. The molecule has 0 aliphatic heterocycles. The van der Waals surface area contributed by atoms with Crippen LogP contribution in [-0.4, -0.2) is 27.6 Å². The number of alkyl halides is 3. The molecule has 0 aliphatic carbocycles. The van der Waals surface area contributed by atoms with Crippen molar-refractivity contribution in [3.63, 3.8) is 0 Å². The van der Waals surface area contributed by atoms with Crippen LogP contribution in [0.2, 0.25) is 0 Å². The predicted octanol–water partition coefficient (Wildman–Crippen LogP) is 2.14. The number of hydrogen-bond donors (Lipinski definition) is 3. The normalized spacial score (nSPS) is 14.2. The minimum atomic E-state index is -5.09. The smallest absolute Gasteiger partial charge is 0.393 e. The monoisotopic (exact) mass is 352 g/mol. The molecule has 2 unspecified atom stereocenters. The van der Waals surface area contributed by atoms with Gasteiger partial charge in [-0.15, -0.1) is 0 Å². The van der Waals surface area contributed by atoms with Crippen LogP contribution in [0.3, 0.4) is 0 Å². The zero-order valence-electron chi connectivity index (χ0n) is 12.6. The van der Waals surface area contributed by atoms with Gasteiger partial charge in [-0.25, -0.2) is 0 Å². The van der Waals surface area contributed by atoms with Crippen molar-refractivity contribution in [3.05, 3.63) is 37.4 Å². The summed E-state index contributed by atoms with van der Waals surface area (Å²) in [5.74, 6) is 0. The van der Waals surface area contributed by atoms with Crippen LogP contribution in [0, 0.1) is 20.2 Å². The second-order valence-electron chi connectivity index (χ2n) is 5.11. The van der Waals surface area contributed by atoms with Gasteiger partial charge in [-0.1, -0.05) is 0 Å². The molecule has 0 aliphatic rings. The van der Waals surface area contributed by atoms with E-state index in [1.807, 2.05) is 0 Å². The number of anilines is 1. The van der Waals surface area contributed by atoms with Gasteiger partial charge in [-0.05, 0) is 13.8 Å². The van der Waals surface area contributed by atoms with E-state index in [0.29, 0.717) is 0 Å². The van der Waals surface area contributed by atoms with E-state index >= 15 is 0 Å². The molecule has 0 saturated carbocycles. The topological polar surface area (TPSA) is 145 Å². The quantitative estimate of drug-likeness (QED) is 0.404. The number of nitrogen functional groups attached to an aromatic ring is 1.